The summed E-state index contributed by atoms with van der Waals surface area (Å²) in [4.78, 5) is 24.4. The molecule has 3 rings (SSSR count). The number of benzene rings is 2. The van der Waals surface area contributed by atoms with Crippen LogP contribution >= 0.6 is 0 Å². The van der Waals surface area contributed by atoms with Crippen molar-refractivity contribution in [1.29, 1.82) is 0 Å². The molecule has 0 aliphatic heterocycles. The summed E-state index contributed by atoms with van der Waals surface area (Å²) in [5.41, 5.74) is 1.45. The Bertz CT molecular complexity index is 1090. The minimum absolute atomic E-state index is 0.204. The van der Waals surface area contributed by atoms with Crippen molar-refractivity contribution in [3.63, 3.8) is 0 Å². The van der Waals surface area contributed by atoms with Gasteiger partial charge in [-0.2, -0.15) is 0 Å². The number of hydrogen-bond acceptors (Lipinski definition) is 6. The number of esters is 1. The van der Waals surface area contributed by atoms with Crippen LogP contribution in [-0.2, 0) is 9.53 Å². The van der Waals surface area contributed by atoms with E-state index in [1.165, 1.54) is 0 Å². The number of aryl methyl sites for hydroxylation is 1. The van der Waals surface area contributed by atoms with Crippen LogP contribution in [0.1, 0.15) is 26.3 Å². The van der Waals surface area contributed by atoms with Crippen molar-refractivity contribution in [2.24, 2.45) is 0 Å². The first-order valence-corrected chi connectivity index (χ1v) is 9.24. The number of rotatable bonds is 5. The van der Waals surface area contributed by atoms with Crippen LogP contribution in [0.2, 0.25) is 0 Å². The topological polar surface area (TPSA) is 75.0 Å². The Hall–Kier alpha value is -3.28. The van der Waals surface area contributed by atoms with Gasteiger partial charge in [-0.05, 0) is 69.2 Å². The van der Waals surface area contributed by atoms with Crippen LogP contribution in [0.25, 0.3) is 22.1 Å². The number of methoxy groups -OCH3 is 1. The first-order chi connectivity index (χ1) is 13.7. The van der Waals surface area contributed by atoms with Crippen molar-refractivity contribution in [1.82, 2.24) is 0 Å². The van der Waals surface area contributed by atoms with E-state index in [0.29, 0.717) is 22.6 Å². The maximum atomic E-state index is 12.6. The lowest BCUT2D eigenvalue weighted by atomic mass is 9.99. The second-order valence-corrected chi connectivity index (χ2v) is 7.65. The highest BCUT2D eigenvalue weighted by molar-refractivity contribution is 5.87. The summed E-state index contributed by atoms with van der Waals surface area (Å²) in [7, 11) is 1.59. The molecular weight excluding hydrogens is 372 g/mol. The van der Waals surface area contributed by atoms with Crippen molar-refractivity contribution in [2.45, 2.75) is 33.3 Å². The standard InChI is InChI=1S/C23H24O6/c1-14-18-12-17(27-13-20(24)29-23(2,3)4)10-11-19(18)28-22(25)21(14)15-6-8-16(26-5)9-7-15/h6-12H,13H2,1-5H3. The molecule has 152 valence electrons. The van der Waals surface area contributed by atoms with Crippen molar-refractivity contribution in [3.8, 4) is 22.6 Å². The lowest BCUT2D eigenvalue weighted by molar-refractivity contribution is -0.157. The Morgan fingerprint density at radius 1 is 1.03 bits per heavy atom. The summed E-state index contributed by atoms with van der Waals surface area (Å²) in [6.07, 6.45) is 0. The van der Waals surface area contributed by atoms with Gasteiger partial charge in [0.25, 0.3) is 0 Å². The number of carbonyl (C=O) groups excluding carboxylic acids is 1. The SMILES string of the molecule is COc1ccc(-c2c(C)c3cc(OCC(=O)OC(C)(C)C)ccc3oc2=O)cc1. The van der Waals surface area contributed by atoms with Gasteiger partial charge in [0.1, 0.15) is 22.7 Å². The highest BCUT2D eigenvalue weighted by atomic mass is 16.6. The van der Waals surface area contributed by atoms with Gasteiger partial charge in [0.05, 0.1) is 12.7 Å². The van der Waals surface area contributed by atoms with Gasteiger partial charge in [-0.3, -0.25) is 0 Å². The molecule has 0 unspecified atom stereocenters. The van der Waals surface area contributed by atoms with Crippen LogP contribution in [0, 0.1) is 6.92 Å². The maximum Gasteiger partial charge on any atom is 0.344 e. The highest BCUT2D eigenvalue weighted by Crippen LogP contribution is 2.30. The van der Waals surface area contributed by atoms with Gasteiger partial charge in [0.15, 0.2) is 6.61 Å². The Labute approximate surface area is 169 Å². The molecular formula is C23H24O6. The van der Waals surface area contributed by atoms with Gasteiger partial charge >= 0.3 is 11.6 Å². The Morgan fingerprint density at radius 2 is 1.69 bits per heavy atom. The summed E-state index contributed by atoms with van der Waals surface area (Å²) in [5, 5.41) is 0.733. The van der Waals surface area contributed by atoms with Gasteiger partial charge in [-0.15, -0.1) is 0 Å². The Kier molecular flexibility index (Phi) is 5.64. The molecule has 2 aromatic carbocycles. The fourth-order valence-corrected chi connectivity index (χ4v) is 3.02. The molecule has 0 saturated heterocycles. The van der Waals surface area contributed by atoms with E-state index >= 15 is 0 Å². The summed E-state index contributed by atoms with van der Waals surface area (Å²) < 4.78 is 21.5. The fraction of sp³-hybridized carbons (Fsp3) is 0.304. The summed E-state index contributed by atoms with van der Waals surface area (Å²) in [6.45, 7) is 7.05. The smallest absolute Gasteiger partial charge is 0.344 e. The van der Waals surface area contributed by atoms with E-state index in [1.54, 1.807) is 58.2 Å². The molecule has 0 fully saturated rings. The fourth-order valence-electron chi connectivity index (χ4n) is 3.02. The molecule has 3 aromatic rings. The third-order valence-electron chi connectivity index (χ3n) is 4.29. The molecule has 0 atom stereocenters. The summed E-state index contributed by atoms with van der Waals surface area (Å²) in [6, 6.07) is 12.3. The zero-order chi connectivity index (χ0) is 21.2. The molecule has 0 spiro atoms. The van der Waals surface area contributed by atoms with E-state index in [4.69, 9.17) is 18.6 Å². The normalized spacial score (nSPS) is 11.3. The predicted octanol–water partition coefficient (Wildman–Crippen LogP) is 4.50. The largest absolute Gasteiger partial charge is 0.497 e. The first-order valence-electron chi connectivity index (χ1n) is 9.24. The van der Waals surface area contributed by atoms with E-state index in [1.807, 2.05) is 19.1 Å². The van der Waals surface area contributed by atoms with Crippen molar-refractivity contribution in [2.75, 3.05) is 13.7 Å². The van der Waals surface area contributed by atoms with E-state index in [0.717, 1.165) is 16.5 Å². The van der Waals surface area contributed by atoms with Gasteiger partial charge in [0.2, 0.25) is 0 Å². The van der Waals surface area contributed by atoms with Crippen LogP contribution in [0.15, 0.2) is 51.7 Å². The monoisotopic (exact) mass is 396 g/mol. The van der Waals surface area contributed by atoms with Crippen LogP contribution in [0.5, 0.6) is 11.5 Å². The molecule has 0 saturated carbocycles. The number of ether oxygens (including phenoxy) is 3. The van der Waals surface area contributed by atoms with Gasteiger partial charge in [-0.25, -0.2) is 9.59 Å². The number of carbonyl (C=O) groups is 1. The second kappa shape index (κ2) is 7.99. The molecule has 6 nitrogen and oxygen atoms in total. The first kappa shape index (κ1) is 20.5. The third kappa shape index (κ3) is 4.77. The minimum atomic E-state index is -0.572. The van der Waals surface area contributed by atoms with E-state index in [9.17, 15) is 9.59 Å². The molecule has 0 amide bonds. The molecule has 6 heteroatoms. The van der Waals surface area contributed by atoms with E-state index < -0.39 is 17.2 Å². The maximum absolute atomic E-state index is 12.6. The van der Waals surface area contributed by atoms with Crippen molar-refractivity contribution in [3.05, 3.63) is 58.4 Å². The Balaban J connectivity index is 1.93. The quantitative estimate of drug-likeness (QED) is 0.467. The molecule has 0 aliphatic carbocycles. The number of hydrogen-bond donors (Lipinski definition) is 0. The van der Waals surface area contributed by atoms with Crippen LogP contribution in [0.3, 0.4) is 0 Å². The molecule has 0 N–H and O–H groups in total. The molecule has 0 radical (unpaired) electrons. The van der Waals surface area contributed by atoms with Crippen LogP contribution in [-0.4, -0.2) is 25.3 Å². The third-order valence-corrected chi connectivity index (χ3v) is 4.29. The molecule has 1 heterocycles. The predicted molar refractivity (Wildman–Crippen MR) is 111 cm³/mol. The van der Waals surface area contributed by atoms with E-state index in [2.05, 4.69) is 0 Å². The minimum Gasteiger partial charge on any atom is -0.497 e. The Morgan fingerprint density at radius 3 is 2.31 bits per heavy atom. The zero-order valence-corrected chi connectivity index (χ0v) is 17.2. The average molecular weight is 396 g/mol. The lowest BCUT2D eigenvalue weighted by Crippen LogP contribution is -2.27. The van der Waals surface area contributed by atoms with Gasteiger partial charge < -0.3 is 18.6 Å². The van der Waals surface area contributed by atoms with Gasteiger partial charge in [0, 0.05) is 5.39 Å². The number of fused-ring (bicyclic) bond motifs is 1. The molecule has 29 heavy (non-hydrogen) atoms. The van der Waals surface area contributed by atoms with Gasteiger partial charge in [-0.1, -0.05) is 12.1 Å². The highest BCUT2D eigenvalue weighted by Gasteiger charge is 2.17. The zero-order valence-electron chi connectivity index (χ0n) is 17.2. The molecule has 0 aliphatic rings. The van der Waals surface area contributed by atoms with Crippen molar-refractivity contribution < 1.29 is 23.4 Å². The second-order valence-electron chi connectivity index (χ2n) is 7.65. The summed E-state index contributed by atoms with van der Waals surface area (Å²) in [5.74, 6) is 0.739. The summed E-state index contributed by atoms with van der Waals surface area (Å²) >= 11 is 0. The molecule has 1 aromatic heterocycles. The van der Waals surface area contributed by atoms with E-state index in [-0.39, 0.29) is 6.61 Å². The van der Waals surface area contributed by atoms with Crippen LogP contribution in [0.4, 0.5) is 0 Å². The average Bonchev–Trinajstić information content (AvgIpc) is 2.66. The molecule has 0 bridgehead atoms. The van der Waals surface area contributed by atoms with Crippen molar-refractivity contribution >= 4 is 16.9 Å². The lowest BCUT2D eigenvalue weighted by Gasteiger charge is -2.19. The van der Waals surface area contributed by atoms with Crippen LogP contribution < -0.4 is 15.1 Å².